The van der Waals surface area contributed by atoms with Crippen molar-refractivity contribution in [2.24, 2.45) is 0 Å². The molecule has 6 nitrogen and oxygen atoms in total. The maximum absolute atomic E-state index is 12.9. The van der Waals surface area contributed by atoms with Gasteiger partial charge in [0.05, 0.1) is 0 Å². The zero-order chi connectivity index (χ0) is 53.6. The Bertz CT molecular complexity index is 1510. The highest BCUT2D eigenvalue weighted by Gasteiger charge is 2.19. The van der Waals surface area contributed by atoms with E-state index in [-0.39, 0.29) is 31.1 Å². The van der Waals surface area contributed by atoms with Crippen LogP contribution >= 0.6 is 0 Å². The normalized spacial score (nSPS) is 12.9. The summed E-state index contributed by atoms with van der Waals surface area (Å²) in [6, 6.07) is 0. The van der Waals surface area contributed by atoms with E-state index in [9.17, 15) is 14.4 Å². The second kappa shape index (κ2) is 61.6. The van der Waals surface area contributed by atoms with Gasteiger partial charge in [0.15, 0.2) is 6.10 Å². The summed E-state index contributed by atoms with van der Waals surface area (Å²) in [5.74, 6) is -0.931. The summed E-state index contributed by atoms with van der Waals surface area (Å²) >= 11 is 0. The molecule has 1 unspecified atom stereocenters. The SMILES string of the molecule is CC/C=C\C/C=C\C/C=C\C/C=C\CCCCCCCCC(=O)OCC(COC(=O)CCCCCCC\C=C/C=C\C=C/C=C\CCCCC)OC(=O)CCCCCCCCC/C=C\CCCCCCCCCC. The van der Waals surface area contributed by atoms with E-state index in [4.69, 9.17) is 14.2 Å². The van der Waals surface area contributed by atoms with Gasteiger partial charge in [0.1, 0.15) is 13.2 Å². The van der Waals surface area contributed by atoms with Gasteiger partial charge in [-0.3, -0.25) is 14.4 Å². The van der Waals surface area contributed by atoms with Gasteiger partial charge in [0.25, 0.3) is 0 Å². The Labute approximate surface area is 457 Å². The number of carbonyl (C=O) groups excluding carboxylic acids is 3. The molecule has 1 atom stereocenters. The van der Waals surface area contributed by atoms with Gasteiger partial charge in [-0.05, 0) is 109 Å². The number of rotatable bonds is 55. The average molecular weight is 1030 g/mol. The molecule has 0 aliphatic carbocycles. The van der Waals surface area contributed by atoms with Crippen molar-refractivity contribution < 1.29 is 28.6 Å². The molecule has 0 radical (unpaired) electrons. The first-order chi connectivity index (χ1) is 36.5. The van der Waals surface area contributed by atoms with Gasteiger partial charge >= 0.3 is 17.9 Å². The Morgan fingerprint density at radius 1 is 0.297 bits per heavy atom. The van der Waals surface area contributed by atoms with Crippen molar-refractivity contribution >= 4 is 17.9 Å². The highest BCUT2D eigenvalue weighted by atomic mass is 16.6. The Hall–Kier alpha value is -3.93. The number of esters is 3. The van der Waals surface area contributed by atoms with E-state index in [0.717, 1.165) is 122 Å². The average Bonchev–Trinajstić information content (AvgIpc) is 3.40. The lowest BCUT2D eigenvalue weighted by Crippen LogP contribution is -2.30. The summed E-state index contributed by atoms with van der Waals surface area (Å²) in [5.41, 5.74) is 0. The summed E-state index contributed by atoms with van der Waals surface area (Å²) in [6.07, 6.45) is 83.6. The Morgan fingerprint density at radius 3 is 0.986 bits per heavy atom. The molecule has 0 aromatic carbocycles. The third-order valence-electron chi connectivity index (χ3n) is 13.1. The highest BCUT2D eigenvalue weighted by Crippen LogP contribution is 2.15. The molecule has 0 rings (SSSR count). The van der Waals surface area contributed by atoms with Gasteiger partial charge in [0, 0.05) is 19.3 Å². The molecule has 6 heteroatoms. The largest absolute Gasteiger partial charge is 0.462 e. The Kier molecular flexibility index (Phi) is 58.3. The molecule has 0 bridgehead atoms. The minimum absolute atomic E-state index is 0.0962. The maximum atomic E-state index is 12.9. The number of hydrogen-bond acceptors (Lipinski definition) is 6. The molecule has 0 heterocycles. The minimum Gasteiger partial charge on any atom is -0.462 e. The third kappa shape index (κ3) is 59.0. The lowest BCUT2D eigenvalue weighted by atomic mass is 10.1. The molecule has 0 spiro atoms. The molecule has 74 heavy (non-hydrogen) atoms. The Morgan fingerprint density at radius 2 is 0.581 bits per heavy atom. The van der Waals surface area contributed by atoms with Gasteiger partial charge in [-0.1, -0.05) is 265 Å². The maximum Gasteiger partial charge on any atom is 0.306 e. The number of ether oxygens (including phenoxy) is 3. The smallest absolute Gasteiger partial charge is 0.306 e. The van der Waals surface area contributed by atoms with E-state index in [0.29, 0.717) is 19.3 Å². The summed E-state index contributed by atoms with van der Waals surface area (Å²) in [6.45, 7) is 6.47. The van der Waals surface area contributed by atoms with Crippen LogP contribution in [0.3, 0.4) is 0 Å². The molecule has 0 N–H and O–H groups in total. The van der Waals surface area contributed by atoms with E-state index in [1.54, 1.807) is 0 Å². The molecule has 422 valence electrons. The van der Waals surface area contributed by atoms with Crippen LogP contribution in [0.2, 0.25) is 0 Å². The lowest BCUT2D eigenvalue weighted by Gasteiger charge is -2.18. The molecule has 0 aliphatic rings. The predicted molar refractivity (Wildman–Crippen MR) is 320 cm³/mol. The van der Waals surface area contributed by atoms with Crippen LogP contribution in [-0.4, -0.2) is 37.2 Å². The minimum atomic E-state index is -0.800. The van der Waals surface area contributed by atoms with Crippen LogP contribution in [0.25, 0.3) is 0 Å². The molecule has 0 aromatic rings. The van der Waals surface area contributed by atoms with Crippen LogP contribution < -0.4 is 0 Å². The first-order valence-electron chi connectivity index (χ1n) is 30.9. The highest BCUT2D eigenvalue weighted by molar-refractivity contribution is 5.71. The zero-order valence-electron chi connectivity index (χ0n) is 48.3. The van der Waals surface area contributed by atoms with Crippen molar-refractivity contribution in [2.45, 2.75) is 290 Å². The second-order valence-corrected chi connectivity index (χ2v) is 20.3. The number of allylic oxidation sites excluding steroid dienone is 18. The molecule has 0 saturated carbocycles. The molecule has 0 fully saturated rings. The van der Waals surface area contributed by atoms with Crippen molar-refractivity contribution in [3.8, 4) is 0 Å². The van der Waals surface area contributed by atoms with Crippen molar-refractivity contribution in [3.05, 3.63) is 109 Å². The summed E-state index contributed by atoms with van der Waals surface area (Å²) in [5, 5.41) is 0. The van der Waals surface area contributed by atoms with E-state index in [1.165, 1.54) is 122 Å². The fraction of sp³-hybridized carbons (Fsp3) is 0.691. The number of unbranched alkanes of at least 4 members (excludes halogenated alkanes) is 29. The second-order valence-electron chi connectivity index (χ2n) is 20.3. The Balaban J connectivity index is 4.47. The quantitative estimate of drug-likeness (QED) is 0.0199. The first-order valence-corrected chi connectivity index (χ1v) is 30.9. The van der Waals surface area contributed by atoms with Crippen LogP contribution in [0.15, 0.2) is 109 Å². The van der Waals surface area contributed by atoms with Gasteiger partial charge in [-0.15, -0.1) is 0 Å². The van der Waals surface area contributed by atoms with Crippen LogP contribution in [0, 0.1) is 0 Å². The van der Waals surface area contributed by atoms with E-state index >= 15 is 0 Å². The van der Waals surface area contributed by atoms with Gasteiger partial charge < -0.3 is 14.2 Å². The number of hydrogen-bond donors (Lipinski definition) is 0. The van der Waals surface area contributed by atoms with Crippen LogP contribution in [0.5, 0.6) is 0 Å². The van der Waals surface area contributed by atoms with Crippen molar-refractivity contribution in [1.29, 1.82) is 0 Å². The molecular formula is C68H114O6. The fourth-order valence-electron chi connectivity index (χ4n) is 8.44. The lowest BCUT2D eigenvalue weighted by molar-refractivity contribution is -0.167. The standard InChI is InChI=1S/C68H114O6/c1-4-7-10-13-16-19-22-25-28-31-34-37-40-43-46-49-52-55-58-61-67(70)73-64-65(63-72-66(69)60-57-54-51-48-45-42-39-36-33-30-27-24-21-18-15-12-9-6-3)74-68(71)62-59-56-53-50-47-44-41-38-35-32-29-26-23-20-17-14-11-8-5-2/h7,10,16,18-19,21,24-25,27-28,30,32-37,39,65H,4-6,8-9,11-15,17,20,22-23,26,29,31,38,40-64H2,1-3H3/b10-7-,19-16-,21-18-,27-24-,28-25-,33-30-,35-32-,37-34-,39-36-. The molecule has 0 aliphatic heterocycles. The van der Waals surface area contributed by atoms with Crippen molar-refractivity contribution in [2.75, 3.05) is 13.2 Å². The third-order valence-corrected chi connectivity index (χ3v) is 13.1. The van der Waals surface area contributed by atoms with Gasteiger partial charge in [-0.2, -0.15) is 0 Å². The fourth-order valence-corrected chi connectivity index (χ4v) is 8.44. The topological polar surface area (TPSA) is 78.9 Å². The van der Waals surface area contributed by atoms with E-state index in [2.05, 4.69) is 130 Å². The molecule has 0 amide bonds. The molecule has 0 aromatic heterocycles. The van der Waals surface area contributed by atoms with Gasteiger partial charge in [-0.25, -0.2) is 0 Å². The predicted octanol–water partition coefficient (Wildman–Crippen LogP) is 21.0. The van der Waals surface area contributed by atoms with E-state index < -0.39 is 6.10 Å². The zero-order valence-corrected chi connectivity index (χ0v) is 48.3. The monoisotopic (exact) mass is 1030 g/mol. The van der Waals surface area contributed by atoms with Crippen molar-refractivity contribution in [3.63, 3.8) is 0 Å². The first kappa shape index (κ1) is 70.1. The van der Waals surface area contributed by atoms with Crippen LogP contribution in [0.4, 0.5) is 0 Å². The van der Waals surface area contributed by atoms with Gasteiger partial charge in [0.2, 0.25) is 0 Å². The van der Waals surface area contributed by atoms with Crippen molar-refractivity contribution in [1.82, 2.24) is 0 Å². The number of carbonyl (C=O) groups is 3. The molecule has 0 saturated heterocycles. The van der Waals surface area contributed by atoms with Crippen LogP contribution in [-0.2, 0) is 28.6 Å². The molecular weight excluding hydrogens is 913 g/mol. The summed E-state index contributed by atoms with van der Waals surface area (Å²) in [7, 11) is 0. The summed E-state index contributed by atoms with van der Waals surface area (Å²) in [4.78, 5) is 38.3. The van der Waals surface area contributed by atoms with Crippen LogP contribution in [0.1, 0.15) is 284 Å². The summed E-state index contributed by atoms with van der Waals surface area (Å²) < 4.78 is 16.9. The van der Waals surface area contributed by atoms with E-state index in [1.807, 2.05) is 0 Å².